The molecule has 3 heterocycles. The normalized spacial score (nSPS) is 21.4. The highest BCUT2D eigenvalue weighted by molar-refractivity contribution is 5.36. The highest BCUT2D eigenvalue weighted by Crippen LogP contribution is 2.21. The van der Waals surface area contributed by atoms with E-state index >= 15 is 0 Å². The Kier molecular flexibility index (Phi) is 2.32. The van der Waals surface area contributed by atoms with Gasteiger partial charge in [-0.2, -0.15) is 9.61 Å². The predicted octanol–water partition coefficient (Wildman–Crippen LogP) is 0.900. The second-order valence-corrected chi connectivity index (χ2v) is 4.32. The van der Waals surface area contributed by atoms with Crippen molar-refractivity contribution in [1.82, 2.24) is 25.1 Å². The van der Waals surface area contributed by atoms with Gasteiger partial charge in [0.1, 0.15) is 0 Å². The molecule has 0 bridgehead atoms. The number of aromatic nitrogens is 4. The SMILES string of the molecule is Cc1nnc2ccc(C3CCCNC3)nn12. The molecule has 0 aliphatic carbocycles. The molecule has 0 aromatic carbocycles. The molecule has 1 unspecified atom stereocenters. The van der Waals surface area contributed by atoms with Gasteiger partial charge in [0.25, 0.3) is 0 Å². The molecule has 1 atom stereocenters. The minimum absolute atomic E-state index is 0.528. The molecule has 5 heteroatoms. The van der Waals surface area contributed by atoms with E-state index in [1.807, 2.05) is 17.5 Å². The first-order valence-electron chi connectivity index (χ1n) is 5.74. The summed E-state index contributed by atoms with van der Waals surface area (Å²) in [5.74, 6) is 1.38. The van der Waals surface area contributed by atoms with Gasteiger partial charge in [-0.1, -0.05) is 0 Å². The molecular weight excluding hydrogens is 202 g/mol. The maximum Gasteiger partial charge on any atom is 0.177 e. The van der Waals surface area contributed by atoms with E-state index in [4.69, 9.17) is 0 Å². The van der Waals surface area contributed by atoms with E-state index in [0.717, 1.165) is 30.3 Å². The van der Waals surface area contributed by atoms with Crippen LogP contribution in [0.1, 0.15) is 30.3 Å². The number of rotatable bonds is 1. The Bertz CT molecular complexity index is 498. The molecule has 16 heavy (non-hydrogen) atoms. The highest BCUT2D eigenvalue weighted by atomic mass is 15.4. The van der Waals surface area contributed by atoms with Crippen LogP contribution in [0.25, 0.3) is 5.65 Å². The van der Waals surface area contributed by atoms with Gasteiger partial charge < -0.3 is 5.32 Å². The van der Waals surface area contributed by atoms with Crippen LogP contribution >= 0.6 is 0 Å². The van der Waals surface area contributed by atoms with E-state index in [1.165, 1.54) is 12.8 Å². The molecule has 1 aliphatic rings. The largest absolute Gasteiger partial charge is 0.316 e. The van der Waals surface area contributed by atoms with Crippen LogP contribution in [-0.4, -0.2) is 32.9 Å². The Morgan fingerprint density at radius 1 is 1.38 bits per heavy atom. The highest BCUT2D eigenvalue weighted by Gasteiger charge is 2.17. The summed E-state index contributed by atoms with van der Waals surface area (Å²) in [6.07, 6.45) is 2.44. The van der Waals surface area contributed by atoms with Crippen molar-refractivity contribution in [3.8, 4) is 0 Å². The van der Waals surface area contributed by atoms with Crippen molar-refractivity contribution in [2.45, 2.75) is 25.7 Å². The predicted molar refractivity (Wildman–Crippen MR) is 60.4 cm³/mol. The van der Waals surface area contributed by atoms with Crippen molar-refractivity contribution < 1.29 is 0 Å². The van der Waals surface area contributed by atoms with Crippen molar-refractivity contribution in [3.05, 3.63) is 23.7 Å². The molecule has 2 aromatic heterocycles. The zero-order chi connectivity index (χ0) is 11.0. The molecule has 3 rings (SSSR count). The second-order valence-electron chi connectivity index (χ2n) is 4.32. The molecule has 84 valence electrons. The third-order valence-corrected chi connectivity index (χ3v) is 3.15. The Balaban J connectivity index is 1.99. The molecular formula is C11H15N5. The summed E-state index contributed by atoms with van der Waals surface area (Å²) < 4.78 is 1.82. The van der Waals surface area contributed by atoms with E-state index in [1.54, 1.807) is 0 Å². The molecule has 0 radical (unpaired) electrons. The molecule has 5 nitrogen and oxygen atoms in total. The van der Waals surface area contributed by atoms with Gasteiger partial charge in [-0.05, 0) is 38.4 Å². The number of hydrogen-bond donors (Lipinski definition) is 1. The smallest absolute Gasteiger partial charge is 0.177 e. The fourth-order valence-corrected chi connectivity index (χ4v) is 2.23. The van der Waals surface area contributed by atoms with Crippen LogP contribution in [0, 0.1) is 6.92 Å². The molecule has 1 saturated heterocycles. The minimum atomic E-state index is 0.528. The number of aryl methyl sites for hydroxylation is 1. The van der Waals surface area contributed by atoms with E-state index in [9.17, 15) is 0 Å². The average Bonchev–Trinajstić information content (AvgIpc) is 2.72. The summed E-state index contributed by atoms with van der Waals surface area (Å²) in [4.78, 5) is 0. The van der Waals surface area contributed by atoms with Gasteiger partial charge in [0, 0.05) is 12.5 Å². The van der Waals surface area contributed by atoms with Crippen molar-refractivity contribution in [2.24, 2.45) is 0 Å². The van der Waals surface area contributed by atoms with E-state index in [0.29, 0.717) is 5.92 Å². The van der Waals surface area contributed by atoms with Crippen LogP contribution in [0.15, 0.2) is 12.1 Å². The molecule has 0 amide bonds. The molecule has 2 aromatic rings. The summed E-state index contributed by atoms with van der Waals surface area (Å²) in [6.45, 7) is 4.08. The third-order valence-electron chi connectivity index (χ3n) is 3.15. The van der Waals surface area contributed by atoms with Crippen LogP contribution in [0.2, 0.25) is 0 Å². The standard InChI is InChI=1S/C11H15N5/c1-8-13-14-11-5-4-10(15-16(8)11)9-3-2-6-12-7-9/h4-5,9,12H,2-3,6-7H2,1H3. The Hall–Kier alpha value is -1.49. The molecule has 0 saturated carbocycles. The lowest BCUT2D eigenvalue weighted by molar-refractivity contribution is 0.450. The number of nitrogens with one attached hydrogen (secondary N) is 1. The van der Waals surface area contributed by atoms with E-state index in [-0.39, 0.29) is 0 Å². The monoisotopic (exact) mass is 217 g/mol. The first-order chi connectivity index (χ1) is 7.84. The summed E-state index contributed by atoms with van der Waals surface area (Å²) in [7, 11) is 0. The lowest BCUT2D eigenvalue weighted by Crippen LogP contribution is -2.29. The van der Waals surface area contributed by atoms with Gasteiger partial charge in [-0.15, -0.1) is 10.2 Å². The number of nitrogens with zero attached hydrogens (tertiary/aromatic N) is 4. The quantitative estimate of drug-likeness (QED) is 0.771. The maximum absolute atomic E-state index is 4.61. The van der Waals surface area contributed by atoms with Crippen molar-refractivity contribution in [2.75, 3.05) is 13.1 Å². The van der Waals surface area contributed by atoms with Gasteiger partial charge in [0.15, 0.2) is 11.5 Å². The first kappa shape index (κ1) is 9.72. The van der Waals surface area contributed by atoms with Crippen molar-refractivity contribution >= 4 is 5.65 Å². The topological polar surface area (TPSA) is 55.1 Å². The van der Waals surface area contributed by atoms with Crippen LogP contribution in [0.3, 0.4) is 0 Å². The molecule has 0 spiro atoms. The lowest BCUT2D eigenvalue weighted by atomic mass is 9.96. The minimum Gasteiger partial charge on any atom is -0.316 e. The van der Waals surface area contributed by atoms with Gasteiger partial charge in [-0.25, -0.2) is 0 Å². The fourth-order valence-electron chi connectivity index (χ4n) is 2.23. The Labute approximate surface area is 93.9 Å². The molecule has 1 aliphatic heterocycles. The molecule has 1 N–H and O–H groups in total. The van der Waals surface area contributed by atoms with Crippen LogP contribution in [0.5, 0.6) is 0 Å². The summed E-state index contributed by atoms with van der Waals surface area (Å²) in [5, 5.41) is 16.1. The second kappa shape index (κ2) is 3.83. The van der Waals surface area contributed by atoms with Crippen molar-refractivity contribution in [1.29, 1.82) is 0 Å². The van der Waals surface area contributed by atoms with Gasteiger partial charge >= 0.3 is 0 Å². The average molecular weight is 217 g/mol. The van der Waals surface area contributed by atoms with E-state index < -0.39 is 0 Å². The Morgan fingerprint density at radius 3 is 3.12 bits per heavy atom. The van der Waals surface area contributed by atoms with Crippen LogP contribution in [-0.2, 0) is 0 Å². The molecule has 1 fully saturated rings. The first-order valence-corrected chi connectivity index (χ1v) is 5.74. The Morgan fingerprint density at radius 2 is 2.31 bits per heavy atom. The lowest BCUT2D eigenvalue weighted by Gasteiger charge is -2.21. The summed E-state index contributed by atoms with van der Waals surface area (Å²) >= 11 is 0. The number of piperidine rings is 1. The summed E-state index contributed by atoms with van der Waals surface area (Å²) in [5.41, 5.74) is 1.97. The maximum atomic E-state index is 4.61. The third kappa shape index (κ3) is 1.57. The van der Waals surface area contributed by atoms with Gasteiger partial charge in [0.05, 0.1) is 5.69 Å². The van der Waals surface area contributed by atoms with Crippen LogP contribution < -0.4 is 5.32 Å². The van der Waals surface area contributed by atoms with Gasteiger partial charge in [0.2, 0.25) is 0 Å². The zero-order valence-electron chi connectivity index (χ0n) is 9.35. The number of hydrogen-bond acceptors (Lipinski definition) is 4. The van der Waals surface area contributed by atoms with E-state index in [2.05, 4.69) is 26.7 Å². The summed E-state index contributed by atoms with van der Waals surface area (Å²) in [6, 6.07) is 4.07. The fraction of sp³-hybridized carbons (Fsp3) is 0.545. The van der Waals surface area contributed by atoms with Crippen LogP contribution in [0.4, 0.5) is 0 Å². The van der Waals surface area contributed by atoms with Gasteiger partial charge in [-0.3, -0.25) is 0 Å². The number of fused-ring (bicyclic) bond motifs is 1. The zero-order valence-corrected chi connectivity index (χ0v) is 9.35. The van der Waals surface area contributed by atoms with Crippen molar-refractivity contribution in [3.63, 3.8) is 0 Å².